The van der Waals surface area contributed by atoms with Gasteiger partial charge in [0.05, 0.1) is 6.10 Å². The van der Waals surface area contributed by atoms with Crippen LogP contribution < -0.4 is 4.90 Å². The largest absolute Gasteiger partial charge is 0.391 e. The smallest absolute Gasteiger partial charge is 0.135 e. The molecule has 1 atom stereocenters. The number of aliphatic hydroxyl groups excluding tert-OH is 1. The zero-order valence-electron chi connectivity index (χ0n) is 9.64. The van der Waals surface area contributed by atoms with Crippen molar-refractivity contribution in [3.8, 4) is 0 Å². The van der Waals surface area contributed by atoms with Crippen LogP contribution in [0.4, 0.5) is 5.82 Å². The van der Waals surface area contributed by atoms with Gasteiger partial charge in [-0.1, -0.05) is 11.6 Å². The van der Waals surface area contributed by atoms with E-state index in [1.54, 1.807) is 6.07 Å². The van der Waals surface area contributed by atoms with Gasteiger partial charge < -0.3 is 10.0 Å². The molecule has 0 radical (unpaired) electrons. The van der Waals surface area contributed by atoms with E-state index in [0.29, 0.717) is 17.6 Å². The molecule has 1 saturated heterocycles. The van der Waals surface area contributed by atoms with Crippen molar-refractivity contribution in [2.75, 3.05) is 18.0 Å². The predicted molar refractivity (Wildman–Crippen MR) is 66.5 cm³/mol. The summed E-state index contributed by atoms with van der Waals surface area (Å²) in [4.78, 5) is 11.0. The predicted octanol–water partition coefficient (Wildman–Crippen LogP) is 1.97. The second kappa shape index (κ2) is 4.42. The molecule has 1 aliphatic heterocycles. The molecule has 0 bridgehead atoms. The molecule has 0 unspecified atom stereocenters. The zero-order valence-corrected chi connectivity index (χ0v) is 10.4. The molecule has 0 aromatic carbocycles. The third-order valence-electron chi connectivity index (χ3n) is 3.36. The maximum absolute atomic E-state index is 9.68. The van der Waals surface area contributed by atoms with E-state index in [1.165, 1.54) is 12.8 Å². The SMILES string of the molecule is O[C@@H]1CCCN(c2cc(Cl)nc(C3CC3)n2)C1. The van der Waals surface area contributed by atoms with Crippen LogP contribution in [0.25, 0.3) is 0 Å². The summed E-state index contributed by atoms with van der Waals surface area (Å²) in [6.07, 6.45) is 3.97. The van der Waals surface area contributed by atoms with Crippen molar-refractivity contribution in [3.05, 3.63) is 17.0 Å². The third kappa shape index (κ3) is 2.53. The Morgan fingerprint density at radius 3 is 2.82 bits per heavy atom. The van der Waals surface area contributed by atoms with Gasteiger partial charge in [0.1, 0.15) is 16.8 Å². The van der Waals surface area contributed by atoms with Crippen LogP contribution in [0.3, 0.4) is 0 Å². The molecule has 2 fully saturated rings. The first-order valence-electron chi connectivity index (χ1n) is 6.20. The van der Waals surface area contributed by atoms with Crippen LogP contribution in [0.1, 0.15) is 37.4 Å². The van der Waals surface area contributed by atoms with Gasteiger partial charge in [0.2, 0.25) is 0 Å². The molecule has 1 aliphatic carbocycles. The Bertz CT molecular complexity index is 422. The van der Waals surface area contributed by atoms with Crippen molar-refractivity contribution in [2.24, 2.45) is 0 Å². The molecule has 3 rings (SSSR count). The number of aliphatic hydroxyl groups is 1. The lowest BCUT2D eigenvalue weighted by Gasteiger charge is -2.31. The van der Waals surface area contributed by atoms with E-state index in [0.717, 1.165) is 31.0 Å². The maximum atomic E-state index is 9.68. The van der Waals surface area contributed by atoms with Gasteiger partial charge in [0.15, 0.2) is 0 Å². The lowest BCUT2D eigenvalue weighted by atomic mass is 10.1. The monoisotopic (exact) mass is 253 g/mol. The van der Waals surface area contributed by atoms with E-state index in [-0.39, 0.29) is 6.10 Å². The topological polar surface area (TPSA) is 49.2 Å². The highest BCUT2D eigenvalue weighted by atomic mass is 35.5. The summed E-state index contributed by atoms with van der Waals surface area (Å²) < 4.78 is 0. The minimum atomic E-state index is -0.248. The van der Waals surface area contributed by atoms with E-state index in [4.69, 9.17) is 11.6 Å². The minimum absolute atomic E-state index is 0.248. The quantitative estimate of drug-likeness (QED) is 0.819. The molecule has 1 N–H and O–H groups in total. The Labute approximate surface area is 106 Å². The lowest BCUT2D eigenvalue weighted by molar-refractivity contribution is 0.154. The molecule has 5 heteroatoms. The molecule has 4 nitrogen and oxygen atoms in total. The number of hydrogen-bond acceptors (Lipinski definition) is 4. The number of piperidine rings is 1. The fourth-order valence-corrected chi connectivity index (χ4v) is 2.46. The number of aromatic nitrogens is 2. The average molecular weight is 254 g/mol. The van der Waals surface area contributed by atoms with Crippen molar-refractivity contribution in [3.63, 3.8) is 0 Å². The van der Waals surface area contributed by atoms with Crippen LogP contribution in [-0.4, -0.2) is 34.3 Å². The highest BCUT2D eigenvalue weighted by molar-refractivity contribution is 6.29. The fraction of sp³-hybridized carbons (Fsp3) is 0.667. The van der Waals surface area contributed by atoms with Gasteiger partial charge in [-0.3, -0.25) is 0 Å². The van der Waals surface area contributed by atoms with Crippen LogP contribution in [0.5, 0.6) is 0 Å². The number of halogens is 1. The van der Waals surface area contributed by atoms with Gasteiger partial charge in [-0.25, -0.2) is 9.97 Å². The maximum Gasteiger partial charge on any atom is 0.135 e. The summed E-state index contributed by atoms with van der Waals surface area (Å²) in [5.74, 6) is 2.24. The van der Waals surface area contributed by atoms with Crippen molar-refractivity contribution in [1.29, 1.82) is 0 Å². The van der Waals surface area contributed by atoms with Crippen molar-refractivity contribution >= 4 is 17.4 Å². The Hall–Kier alpha value is -0.870. The Morgan fingerprint density at radius 2 is 2.12 bits per heavy atom. The standard InChI is InChI=1S/C12H16ClN3O/c13-10-6-11(15-12(14-10)8-3-4-8)16-5-1-2-9(17)7-16/h6,8-9,17H,1-5,7H2/t9-/m1/s1. The summed E-state index contributed by atoms with van der Waals surface area (Å²) in [7, 11) is 0. The Balaban J connectivity index is 1.85. The fourth-order valence-electron chi connectivity index (χ4n) is 2.27. The second-order valence-electron chi connectivity index (χ2n) is 4.92. The normalized spacial score (nSPS) is 25.1. The second-order valence-corrected chi connectivity index (χ2v) is 5.31. The van der Waals surface area contributed by atoms with Crippen molar-refractivity contribution < 1.29 is 5.11 Å². The molecule has 1 saturated carbocycles. The summed E-state index contributed by atoms with van der Waals surface area (Å²) in [6.45, 7) is 1.59. The van der Waals surface area contributed by atoms with Gasteiger partial charge in [0.25, 0.3) is 0 Å². The first-order valence-corrected chi connectivity index (χ1v) is 6.57. The lowest BCUT2D eigenvalue weighted by Crippen LogP contribution is -2.38. The molecule has 92 valence electrons. The average Bonchev–Trinajstić information content (AvgIpc) is 3.12. The molecule has 0 amide bonds. The van der Waals surface area contributed by atoms with Crippen LogP contribution in [0.2, 0.25) is 5.15 Å². The van der Waals surface area contributed by atoms with E-state index < -0.39 is 0 Å². The minimum Gasteiger partial charge on any atom is -0.391 e. The first-order chi connectivity index (χ1) is 8.22. The molecule has 0 spiro atoms. The van der Waals surface area contributed by atoms with Crippen molar-refractivity contribution in [2.45, 2.75) is 37.7 Å². The molecule has 2 aliphatic rings. The van der Waals surface area contributed by atoms with Gasteiger partial charge in [-0.15, -0.1) is 0 Å². The number of anilines is 1. The third-order valence-corrected chi connectivity index (χ3v) is 3.56. The summed E-state index contributed by atoms with van der Waals surface area (Å²) in [5.41, 5.74) is 0. The number of β-amino-alcohol motifs (C(OH)–C–C–N with tert-alkyl or cyclic N) is 1. The van der Waals surface area contributed by atoms with E-state index in [2.05, 4.69) is 14.9 Å². The number of nitrogens with zero attached hydrogens (tertiary/aromatic N) is 3. The van der Waals surface area contributed by atoms with Crippen LogP contribution in [0.15, 0.2) is 6.07 Å². The molecule has 2 heterocycles. The van der Waals surface area contributed by atoms with Crippen molar-refractivity contribution in [1.82, 2.24) is 9.97 Å². The summed E-state index contributed by atoms with van der Waals surface area (Å²) >= 11 is 6.04. The van der Waals surface area contributed by atoms with Crippen LogP contribution in [0, 0.1) is 0 Å². The van der Waals surface area contributed by atoms with Gasteiger partial charge in [-0.05, 0) is 25.7 Å². The summed E-state index contributed by atoms with van der Waals surface area (Å²) in [6, 6.07) is 1.80. The summed E-state index contributed by atoms with van der Waals surface area (Å²) in [5, 5.41) is 10.2. The highest BCUT2D eigenvalue weighted by Gasteiger charge is 2.28. The zero-order chi connectivity index (χ0) is 11.8. The number of hydrogen-bond donors (Lipinski definition) is 1. The van der Waals surface area contributed by atoms with Gasteiger partial charge >= 0.3 is 0 Å². The molecular formula is C12H16ClN3O. The van der Waals surface area contributed by atoms with Gasteiger partial charge in [0, 0.05) is 25.1 Å². The Kier molecular flexibility index (Phi) is 2.92. The first kappa shape index (κ1) is 11.2. The van der Waals surface area contributed by atoms with E-state index in [1.807, 2.05) is 0 Å². The van der Waals surface area contributed by atoms with Crippen LogP contribution >= 0.6 is 11.6 Å². The molecule has 17 heavy (non-hydrogen) atoms. The van der Waals surface area contributed by atoms with E-state index >= 15 is 0 Å². The number of rotatable bonds is 2. The molecule has 1 aromatic heterocycles. The Morgan fingerprint density at radius 1 is 1.29 bits per heavy atom. The van der Waals surface area contributed by atoms with Crippen LogP contribution in [-0.2, 0) is 0 Å². The van der Waals surface area contributed by atoms with E-state index in [9.17, 15) is 5.11 Å². The highest BCUT2D eigenvalue weighted by Crippen LogP contribution is 2.39. The molecule has 1 aromatic rings. The molecular weight excluding hydrogens is 238 g/mol. The van der Waals surface area contributed by atoms with Gasteiger partial charge in [-0.2, -0.15) is 0 Å².